The summed E-state index contributed by atoms with van der Waals surface area (Å²) in [6, 6.07) is 0. The highest BCUT2D eigenvalue weighted by atomic mass is 31.2. The Labute approximate surface area is 83.9 Å². The third-order valence-corrected chi connectivity index (χ3v) is 2.78. The normalized spacial score (nSPS) is 37.0. The van der Waals surface area contributed by atoms with Crippen LogP contribution in [0.25, 0.3) is 0 Å². The number of methoxy groups -OCH3 is 1. The van der Waals surface area contributed by atoms with Crippen molar-refractivity contribution >= 4 is 7.60 Å². The molecular weight excluding hydrogens is 207 g/mol. The van der Waals surface area contributed by atoms with Crippen molar-refractivity contribution in [3.8, 4) is 0 Å². The zero-order chi connectivity index (χ0) is 10.8. The van der Waals surface area contributed by atoms with Gasteiger partial charge in [0.25, 0.3) is 0 Å². The predicted octanol–water partition coefficient (Wildman–Crippen LogP) is 0.379. The molecule has 1 saturated heterocycles. The summed E-state index contributed by atoms with van der Waals surface area (Å²) in [6.45, 7) is 3.02. The van der Waals surface area contributed by atoms with Crippen LogP contribution in [0.1, 0.15) is 13.3 Å². The van der Waals surface area contributed by atoms with Gasteiger partial charge in [-0.3, -0.25) is 0 Å². The fraction of sp³-hybridized carbons (Fsp3) is 1.00. The predicted molar refractivity (Wildman–Crippen MR) is 49.2 cm³/mol. The molecule has 1 aliphatic heterocycles. The van der Waals surface area contributed by atoms with Crippen molar-refractivity contribution < 1.29 is 23.5 Å². The largest absolute Gasteiger partial charge is 0.779 e. The summed E-state index contributed by atoms with van der Waals surface area (Å²) >= 11 is 0. The fourth-order valence-corrected chi connectivity index (χ4v) is 1.94. The second kappa shape index (κ2) is 4.73. The first-order chi connectivity index (χ1) is 6.42. The smallest absolute Gasteiger partial charge is 0.131 e. The van der Waals surface area contributed by atoms with Gasteiger partial charge in [-0.05, 0) is 6.92 Å². The lowest BCUT2D eigenvalue weighted by Gasteiger charge is -2.22. The van der Waals surface area contributed by atoms with Crippen molar-refractivity contribution in [3.05, 3.63) is 0 Å². The van der Waals surface area contributed by atoms with Crippen molar-refractivity contribution in [2.24, 2.45) is 0 Å². The van der Waals surface area contributed by atoms with E-state index in [0.29, 0.717) is 0 Å². The maximum atomic E-state index is 10.8. The molecule has 0 radical (unpaired) electrons. The Kier molecular flexibility index (Phi) is 4.10. The molecule has 1 rings (SSSR count). The van der Waals surface area contributed by atoms with Gasteiger partial charge >= 0.3 is 0 Å². The van der Waals surface area contributed by atoms with Gasteiger partial charge in [0, 0.05) is 20.2 Å². The lowest BCUT2D eigenvalue weighted by molar-refractivity contribution is -0.199. The summed E-state index contributed by atoms with van der Waals surface area (Å²) in [5.74, 6) is 0. The zero-order valence-electron chi connectivity index (χ0n) is 8.63. The zero-order valence-corrected chi connectivity index (χ0v) is 9.53. The standard InChI is InChI=1S/C8H17O5P/c1-6-4-7(11-2)8(13-6)5-12-14(3,9)10/h6-8H,4-5H2,1-3H3,(H,9,10)/p-1/t6-,7?,8-/m1/s1. The van der Waals surface area contributed by atoms with Crippen LogP contribution in [0.3, 0.4) is 0 Å². The number of ether oxygens (including phenoxy) is 2. The quantitative estimate of drug-likeness (QED) is 0.644. The number of hydrogen-bond acceptors (Lipinski definition) is 5. The van der Waals surface area contributed by atoms with E-state index in [-0.39, 0.29) is 24.9 Å². The number of rotatable bonds is 4. The molecule has 0 aromatic heterocycles. The van der Waals surface area contributed by atoms with E-state index in [2.05, 4.69) is 4.52 Å². The first kappa shape index (κ1) is 12.1. The van der Waals surface area contributed by atoms with E-state index in [1.807, 2.05) is 6.92 Å². The maximum Gasteiger partial charge on any atom is 0.131 e. The van der Waals surface area contributed by atoms with Crippen LogP contribution in [0.4, 0.5) is 0 Å². The summed E-state index contributed by atoms with van der Waals surface area (Å²) < 4.78 is 26.1. The second-order valence-electron chi connectivity index (χ2n) is 3.56. The van der Waals surface area contributed by atoms with Gasteiger partial charge in [0.15, 0.2) is 0 Å². The van der Waals surface area contributed by atoms with Crippen LogP contribution >= 0.6 is 7.60 Å². The summed E-state index contributed by atoms with van der Waals surface area (Å²) in [5.41, 5.74) is 0. The Morgan fingerprint density at radius 2 is 2.29 bits per heavy atom. The van der Waals surface area contributed by atoms with E-state index < -0.39 is 7.60 Å². The number of hydrogen-bond donors (Lipinski definition) is 0. The van der Waals surface area contributed by atoms with Crippen molar-refractivity contribution in [1.29, 1.82) is 0 Å². The average Bonchev–Trinajstić information content (AvgIpc) is 2.41. The Hall–Kier alpha value is 0.0700. The molecule has 4 atom stereocenters. The van der Waals surface area contributed by atoms with Crippen molar-refractivity contribution in [3.63, 3.8) is 0 Å². The highest BCUT2D eigenvalue weighted by molar-refractivity contribution is 7.50. The molecule has 2 unspecified atom stereocenters. The lowest BCUT2D eigenvalue weighted by atomic mass is 10.1. The summed E-state index contributed by atoms with van der Waals surface area (Å²) in [5, 5.41) is 0. The Morgan fingerprint density at radius 3 is 2.79 bits per heavy atom. The van der Waals surface area contributed by atoms with Gasteiger partial charge in [-0.15, -0.1) is 0 Å². The molecule has 84 valence electrons. The summed E-state index contributed by atoms with van der Waals surface area (Å²) in [7, 11) is -2.08. The van der Waals surface area contributed by atoms with E-state index >= 15 is 0 Å². The minimum Gasteiger partial charge on any atom is -0.779 e. The molecule has 0 spiro atoms. The molecule has 1 heterocycles. The van der Waals surface area contributed by atoms with E-state index in [0.717, 1.165) is 13.1 Å². The van der Waals surface area contributed by atoms with Gasteiger partial charge in [0.05, 0.1) is 18.8 Å². The first-order valence-electron chi connectivity index (χ1n) is 4.53. The third-order valence-electron chi connectivity index (χ3n) is 2.16. The molecule has 0 aliphatic carbocycles. The molecule has 14 heavy (non-hydrogen) atoms. The molecule has 6 heteroatoms. The molecule has 0 N–H and O–H groups in total. The molecule has 0 bridgehead atoms. The van der Waals surface area contributed by atoms with Crippen molar-refractivity contribution in [1.82, 2.24) is 0 Å². The molecular formula is C8H16O5P-. The van der Waals surface area contributed by atoms with Gasteiger partial charge < -0.3 is 23.5 Å². The van der Waals surface area contributed by atoms with E-state index in [1.165, 1.54) is 0 Å². The minimum absolute atomic E-state index is 0.0418. The Bertz CT molecular complexity index is 226. The van der Waals surface area contributed by atoms with Crippen molar-refractivity contribution in [2.45, 2.75) is 31.7 Å². The topological polar surface area (TPSA) is 67.8 Å². The van der Waals surface area contributed by atoms with Crippen LogP contribution in [-0.4, -0.2) is 38.7 Å². The maximum absolute atomic E-state index is 10.8. The van der Waals surface area contributed by atoms with Crippen LogP contribution < -0.4 is 4.89 Å². The van der Waals surface area contributed by atoms with E-state index in [9.17, 15) is 9.46 Å². The van der Waals surface area contributed by atoms with Crippen LogP contribution in [-0.2, 0) is 18.6 Å². The first-order valence-corrected chi connectivity index (χ1v) is 6.52. The molecule has 0 aromatic carbocycles. The van der Waals surface area contributed by atoms with Crippen LogP contribution in [0, 0.1) is 0 Å². The molecule has 0 aromatic rings. The van der Waals surface area contributed by atoms with Crippen LogP contribution in [0.5, 0.6) is 0 Å². The highest BCUT2D eigenvalue weighted by Crippen LogP contribution is 2.33. The van der Waals surface area contributed by atoms with Gasteiger partial charge in [-0.2, -0.15) is 0 Å². The van der Waals surface area contributed by atoms with Gasteiger partial charge in [-0.1, -0.05) is 0 Å². The molecule has 5 nitrogen and oxygen atoms in total. The van der Waals surface area contributed by atoms with Crippen LogP contribution in [0.2, 0.25) is 0 Å². The highest BCUT2D eigenvalue weighted by Gasteiger charge is 2.33. The van der Waals surface area contributed by atoms with Crippen LogP contribution in [0.15, 0.2) is 0 Å². The second-order valence-corrected chi connectivity index (χ2v) is 5.36. The molecule has 0 amide bonds. The Balaban J connectivity index is 2.40. The molecule has 1 aliphatic rings. The van der Waals surface area contributed by atoms with Gasteiger partial charge in [-0.25, -0.2) is 0 Å². The summed E-state index contributed by atoms with van der Waals surface area (Å²) in [4.78, 5) is 10.8. The lowest BCUT2D eigenvalue weighted by Crippen LogP contribution is -2.28. The fourth-order valence-electron chi connectivity index (χ4n) is 1.52. The van der Waals surface area contributed by atoms with Gasteiger partial charge in [0.2, 0.25) is 0 Å². The monoisotopic (exact) mass is 223 g/mol. The third kappa shape index (κ3) is 3.67. The van der Waals surface area contributed by atoms with E-state index in [1.54, 1.807) is 7.11 Å². The SMILES string of the molecule is COC1C[C@@H](C)O[C@@H]1COP(C)(=O)[O-]. The minimum atomic E-state index is -3.66. The molecule has 1 fully saturated rings. The Morgan fingerprint density at radius 1 is 1.64 bits per heavy atom. The van der Waals surface area contributed by atoms with Crippen molar-refractivity contribution in [2.75, 3.05) is 20.4 Å². The summed E-state index contributed by atoms with van der Waals surface area (Å²) in [6.07, 6.45) is 0.516. The molecule has 0 saturated carbocycles. The van der Waals surface area contributed by atoms with Gasteiger partial charge in [0.1, 0.15) is 13.7 Å². The average molecular weight is 223 g/mol. The van der Waals surface area contributed by atoms with E-state index in [4.69, 9.17) is 9.47 Å².